The lowest BCUT2D eigenvalue weighted by Crippen LogP contribution is -2.29. The van der Waals surface area contributed by atoms with Gasteiger partial charge in [-0.3, -0.25) is 14.1 Å². The largest absolute Gasteiger partial charge is 0.469 e. The van der Waals surface area contributed by atoms with Gasteiger partial charge in [-0.2, -0.15) is 0 Å². The molecule has 1 atom stereocenters. The van der Waals surface area contributed by atoms with Crippen LogP contribution < -0.4 is 0 Å². The van der Waals surface area contributed by atoms with Crippen LogP contribution in [-0.2, 0) is 28.2 Å². The standard InChI is InChI=1S/C47H85O8P/c1-3-5-7-9-11-13-15-17-19-21-22-23-24-26-27-29-31-33-35-37-39-41-46(48)53-43-45(44-54-56(50,51)52)55-47(49)42-40-38-36-34-32-30-28-25-20-18-16-14-12-10-8-6-4-2/h6,8,12,14,18,20,28,30,45H,3-5,7,9-11,13,15-17,19,21-27,29,31-44H2,1-2H3,(H2,50,51,52)/b8-6-,14-12-,20-18-,30-28-. The minimum absolute atomic E-state index is 0.184. The summed E-state index contributed by atoms with van der Waals surface area (Å²) in [5.41, 5.74) is 0. The van der Waals surface area contributed by atoms with E-state index >= 15 is 0 Å². The van der Waals surface area contributed by atoms with E-state index in [0.717, 1.165) is 70.6 Å². The van der Waals surface area contributed by atoms with Crippen LogP contribution >= 0.6 is 7.82 Å². The molecule has 0 aromatic heterocycles. The molecule has 0 aromatic rings. The molecule has 2 N–H and O–H groups in total. The van der Waals surface area contributed by atoms with Gasteiger partial charge in [-0.15, -0.1) is 0 Å². The van der Waals surface area contributed by atoms with Gasteiger partial charge in [0.25, 0.3) is 0 Å². The van der Waals surface area contributed by atoms with E-state index in [2.05, 4.69) is 67.0 Å². The zero-order chi connectivity index (χ0) is 41.1. The fourth-order valence-corrected chi connectivity index (χ4v) is 6.84. The average Bonchev–Trinajstić information content (AvgIpc) is 3.17. The molecule has 326 valence electrons. The van der Waals surface area contributed by atoms with Gasteiger partial charge in [-0.05, 0) is 51.4 Å². The Labute approximate surface area is 344 Å². The van der Waals surface area contributed by atoms with E-state index in [1.807, 2.05) is 0 Å². The average molecular weight is 809 g/mol. The lowest BCUT2D eigenvalue weighted by atomic mass is 10.0. The minimum atomic E-state index is -4.76. The molecule has 56 heavy (non-hydrogen) atoms. The van der Waals surface area contributed by atoms with Crippen molar-refractivity contribution < 1.29 is 37.9 Å². The molecule has 0 fully saturated rings. The predicted molar refractivity (Wildman–Crippen MR) is 234 cm³/mol. The van der Waals surface area contributed by atoms with Crippen molar-refractivity contribution >= 4 is 19.8 Å². The van der Waals surface area contributed by atoms with Crippen LogP contribution in [0.25, 0.3) is 0 Å². The van der Waals surface area contributed by atoms with Crippen LogP contribution in [0.1, 0.15) is 219 Å². The topological polar surface area (TPSA) is 119 Å². The number of ether oxygens (including phenoxy) is 2. The summed E-state index contributed by atoms with van der Waals surface area (Å²) in [5.74, 6) is -0.906. The molecule has 0 heterocycles. The number of allylic oxidation sites excluding steroid dienone is 8. The van der Waals surface area contributed by atoms with Crippen molar-refractivity contribution in [3.63, 3.8) is 0 Å². The number of esters is 2. The highest BCUT2D eigenvalue weighted by atomic mass is 31.2. The van der Waals surface area contributed by atoms with Gasteiger partial charge in [0, 0.05) is 12.8 Å². The zero-order valence-corrected chi connectivity index (χ0v) is 36.9. The van der Waals surface area contributed by atoms with E-state index < -0.39 is 32.5 Å². The van der Waals surface area contributed by atoms with Gasteiger partial charge in [0.1, 0.15) is 6.61 Å². The summed E-state index contributed by atoms with van der Waals surface area (Å²) in [7, 11) is -4.76. The first kappa shape index (κ1) is 54.0. The van der Waals surface area contributed by atoms with E-state index in [1.54, 1.807) is 0 Å². The predicted octanol–water partition coefficient (Wildman–Crippen LogP) is 14.3. The number of carbonyl (C=O) groups excluding carboxylic acids is 2. The van der Waals surface area contributed by atoms with Crippen molar-refractivity contribution in [2.75, 3.05) is 13.2 Å². The van der Waals surface area contributed by atoms with E-state index in [-0.39, 0.29) is 19.4 Å². The number of carbonyl (C=O) groups is 2. The molecule has 0 amide bonds. The third-order valence-corrected chi connectivity index (χ3v) is 10.3. The Morgan fingerprint density at radius 1 is 0.482 bits per heavy atom. The molecule has 9 heteroatoms. The lowest BCUT2D eigenvalue weighted by Gasteiger charge is -2.18. The van der Waals surface area contributed by atoms with Crippen LogP contribution in [-0.4, -0.2) is 41.0 Å². The summed E-state index contributed by atoms with van der Waals surface area (Å²) in [6, 6.07) is 0. The Hall–Kier alpha value is -1.99. The Balaban J connectivity index is 3.87. The molecule has 0 aromatic carbocycles. The monoisotopic (exact) mass is 809 g/mol. The van der Waals surface area contributed by atoms with Gasteiger partial charge in [0.05, 0.1) is 6.61 Å². The third kappa shape index (κ3) is 44.7. The van der Waals surface area contributed by atoms with Gasteiger partial charge in [-0.25, -0.2) is 4.57 Å². The maximum Gasteiger partial charge on any atom is 0.469 e. The summed E-state index contributed by atoms with van der Waals surface area (Å²) < 4.78 is 26.4. The first-order valence-corrected chi connectivity index (χ1v) is 24.5. The normalized spacial score (nSPS) is 12.9. The van der Waals surface area contributed by atoms with Crippen LogP contribution in [0.4, 0.5) is 0 Å². The van der Waals surface area contributed by atoms with Crippen molar-refractivity contribution in [3.8, 4) is 0 Å². The summed E-state index contributed by atoms with van der Waals surface area (Å²) in [6.45, 7) is 3.58. The first-order valence-electron chi connectivity index (χ1n) is 22.9. The second kappa shape index (κ2) is 42.6. The number of phosphoric acid groups is 1. The highest BCUT2D eigenvalue weighted by Crippen LogP contribution is 2.36. The van der Waals surface area contributed by atoms with Crippen molar-refractivity contribution in [1.29, 1.82) is 0 Å². The third-order valence-electron chi connectivity index (χ3n) is 9.86. The van der Waals surface area contributed by atoms with Crippen LogP contribution in [0.2, 0.25) is 0 Å². The van der Waals surface area contributed by atoms with Crippen molar-refractivity contribution in [3.05, 3.63) is 48.6 Å². The van der Waals surface area contributed by atoms with Crippen LogP contribution in [0.3, 0.4) is 0 Å². The summed E-state index contributed by atoms with van der Waals surface area (Å²) >= 11 is 0. The Morgan fingerprint density at radius 2 is 0.857 bits per heavy atom. The molecule has 0 bridgehead atoms. The van der Waals surface area contributed by atoms with Gasteiger partial charge in [0.2, 0.25) is 0 Å². The van der Waals surface area contributed by atoms with Crippen LogP contribution in [0, 0.1) is 0 Å². The van der Waals surface area contributed by atoms with Crippen LogP contribution in [0.5, 0.6) is 0 Å². The fraction of sp³-hybridized carbons (Fsp3) is 0.787. The molecule has 0 aliphatic heterocycles. The number of phosphoric ester groups is 1. The molecule has 0 aliphatic carbocycles. The van der Waals surface area contributed by atoms with Crippen LogP contribution in [0.15, 0.2) is 48.6 Å². The lowest BCUT2D eigenvalue weighted by molar-refractivity contribution is -0.161. The summed E-state index contributed by atoms with van der Waals surface area (Å²) in [6.07, 6.45) is 52.7. The van der Waals surface area contributed by atoms with E-state index in [9.17, 15) is 14.2 Å². The quantitative estimate of drug-likeness (QED) is 0.0271. The fourth-order valence-electron chi connectivity index (χ4n) is 6.48. The number of unbranched alkanes of at least 4 members (excludes halogenated alkanes) is 24. The van der Waals surface area contributed by atoms with Gasteiger partial charge >= 0.3 is 19.8 Å². The second-order valence-corrected chi connectivity index (χ2v) is 16.6. The Morgan fingerprint density at radius 3 is 1.29 bits per heavy atom. The molecule has 0 aliphatic rings. The Bertz CT molecular complexity index is 1050. The summed E-state index contributed by atoms with van der Waals surface area (Å²) in [5, 5.41) is 0. The molecule has 0 rings (SSSR count). The molecule has 8 nitrogen and oxygen atoms in total. The van der Waals surface area contributed by atoms with Crippen molar-refractivity contribution in [2.45, 2.75) is 225 Å². The van der Waals surface area contributed by atoms with Crippen molar-refractivity contribution in [2.24, 2.45) is 0 Å². The highest BCUT2D eigenvalue weighted by molar-refractivity contribution is 7.46. The van der Waals surface area contributed by atoms with E-state index in [4.69, 9.17) is 19.3 Å². The molecular formula is C47H85O8P. The Kier molecular flexibility index (Phi) is 41.1. The second-order valence-electron chi connectivity index (χ2n) is 15.4. The number of hydrogen-bond donors (Lipinski definition) is 2. The molecular weight excluding hydrogens is 723 g/mol. The van der Waals surface area contributed by atoms with Gasteiger partial charge in [-0.1, -0.05) is 204 Å². The smallest absolute Gasteiger partial charge is 0.462 e. The van der Waals surface area contributed by atoms with E-state index in [0.29, 0.717) is 6.42 Å². The molecule has 0 saturated carbocycles. The van der Waals surface area contributed by atoms with E-state index in [1.165, 1.54) is 116 Å². The number of hydrogen-bond acceptors (Lipinski definition) is 6. The maximum absolute atomic E-state index is 12.4. The molecule has 1 unspecified atom stereocenters. The highest BCUT2D eigenvalue weighted by Gasteiger charge is 2.22. The summed E-state index contributed by atoms with van der Waals surface area (Å²) in [4.78, 5) is 42.9. The van der Waals surface area contributed by atoms with Crippen molar-refractivity contribution in [1.82, 2.24) is 0 Å². The van der Waals surface area contributed by atoms with Gasteiger partial charge in [0.15, 0.2) is 6.10 Å². The first-order chi connectivity index (χ1) is 27.3. The number of rotatable bonds is 42. The minimum Gasteiger partial charge on any atom is -0.462 e. The molecule has 0 saturated heterocycles. The maximum atomic E-state index is 12.4. The SMILES string of the molecule is CC/C=C\C/C=C\C/C=C\C/C=C\CCCCCCC(=O)OC(COC(=O)CCCCCCCCCCCCCCCCCCCCCCC)COP(=O)(O)O. The van der Waals surface area contributed by atoms with Gasteiger partial charge < -0.3 is 19.3 Å². The zero-order valence-electron chi connectivity index (χ0n) is 36.0. The molecule has 0 radical (unpaired) electrons. The molecule has 0 spiro atoms.